The zero-order chi connectivity index (χ0) is 17.3. The van der Waals surface area contributed by atoms with Gasteiger partial charge in [-0.2, -0.15) is 0 Å². The van der Waals surface area contributed by atoms with Gasteiger partial charge in [0.1, 0.15) is 5.75 Å². The van der Waals surface area contributed by atoms with E-state index in [2.05, 4.69) is 5.32 Å². The fraction of sp³-hybridized carbons (Fsp3) is 0.105. The number of amides is 1. The predicted molar refractivity (Wildman–Crippen MR) is 99.1 cm³/mol. The molecule has 0 heterocycles. The van der Waals surface area contributed by atoms with Crippen molar-refractivity contribution in [3.8, 4) is 5.75 Å². The molecule has 0 saturated carbocycles. The molecule has 0 radical (unpaired) electrons. The molecule has 3 N–H and O–H groups in total. The van der Waals surface area contributed by atoms with E-state index in [-0.39, 0.29) is 5.91 Å². The van der Waals surface area contributed by atoms with E-state index in [0.717, 1.165) is 16.3 Å². The number of anilines is 2. The van der Waals surface area contributed by atoms with Crippen molar-refractivity contribution in [3.05, 3.63) is 64.7 Å². The van der Waals surface area contributed by atoms with Gasteiger partial charge in [-0.25, -0.2) is 0 Å². The molecule has 0 saturated heterocycles. The van der Waals surface area contributed by atoms with Gasteiger partial charge in [0.15, 0.2) is 0 Å². The van der Waals surface area contributed by atoms with Crippen LogP contribution in [-0.2, 0) is 0 Å². The number of aryl methyl sites for hydroxylation is 1. The van der Waals surface area contributed by atoms with Gasteiger partial charge in [0, 0.05) is 5.69 Å². The highest BCUT2D eigenvalue weighted by molar-refractivity contribution is 6.34. The number of nitrogens with two attached hydrogens (primary N) is 1. The third kappa shape index (κ3) is 3.01. The van der Waals surface area contributed by atoms with E-state index in [1.807, 2.05) is 43.3 Å². The van der Waals surface area contributed by atoms with Crippen molar-refractivity contribution in [1.29, 1.82) is 0 Å². The lowest BCUT2D eigenvalue weighted by Crippen LogP contribution is -2.14. The van der Waals surface area contributed by atoms with Gasteiger partial charge in [0.25, 0.3) is 5.91 Å². The Hall–Kier alpha value is -2.72. The van der Waals surface area contributed by atoms with Crippen LogP contribution in [0.4, 0.5) is 11.4 Å². The molecule has 0 aliphatic carbocycles. The molecule has 122 valence electrons. The Balaban J connectivity index is 2.03. The van der Waals surface area contributed by atoms with Gasteiger partial charge in [0.2, 0.25) is 0 Å². The molecule has 0 bridgehead atoms. The highest BCUT2D eigenvalue weighted by Crippen LogP contribution is 2.31. The predicted octanol–water partition coefficient (Wildman–Crippen LogP) is 4.64. The molecule has 0 atom stereocenters. The fourth-order valence-electron chi connectivity index (χ4n) is 2.68. The Morgan fingerprint density at radius 1 is 1.12 bits per heavy atom. The summed E-state index contributed by atoms with van der Waals surface area (Å²) in [7, 11) is 1.54. The second-order valence-corrected chi connectivity index (χ2v) is 5.96. The molecule has 0 unspecified atom stereocenters. The maximum absolute atomic E-state index is 12.7. The first kappa shape index (κ1) is 16.1. The summed E-state index contributed by atoms with van der Waals surface area (Å²) in [6.45, 7) is 1.84. The first-order chi connectivity index (χ1) is 11.5. The van der Waals surface area contributed by atoms with E-state index >= 15 is 0 Å². The Morgan fingerprint density at radius 3 is 2.42 bits per heavy atom. The quantitative estimate of drug-likeness (QED) is 0.682. The lowest BCUT2D eigenvalue weighted by Gasteiger charge is -2.14. The summed E-state index contributed by atoms with van der Waals surface area (Å²) in [5.74, 6) is 0.225. The van der Waals surface area contributed by atoms with Gasteiger partial charge in [-0.1, -0.05) is 35.9 Å². The molecule has 0 fully saturated rings. The number of methoxy groups -OCH3 is 1. The highest BCUT2D eigenvalue weighted by atomic mass is 35.5. The Bertz CT molecular complexity index is 915. The monoisotopic (exact) mass is 340 g/mol. The number of hydrogen-bond donors (Lipinski definition) is 2. The summed E-state index contributed by atoms with van der Waals surface area (Å²) in [6, 6.07) is 14.8. The second-order valence-electron chi connectivity index (χ2n) is 5.55. The van der Waals surface area contributed by atoms with Crippen LogP contribution in [0.5, 0.6) is 5.75 Å². The molecule has 1 amide bonds. The molecule has 0 aliphatic heterocycles. The van der Waals surface area contributed by atoms with Crippen LogP contribution in [0.3, 0.4) is 0 Å². The summed E-state index contributed by atoms with van der Waals surface area (Å²) in [4.78, 5) is 12.7. The number of nitrogen functional groups attached to an aromatic ring is 1. The summed E-state index contributed by atoms with van der Waals surface area (Å²) in [5, 5.41) is 5.23. The number of hydrogen-bond acceptors (Lipinski definition) is 3. The maximum Gasteiger partial charge on any atom is 0.259 e. The average Bonchev–Trinajstić information content (AvgIpc) is 2.56. The van der Waals surface area contributed by atoms with Crippen molar-refractivity contribution in [3.63, 3.8) is 0 Å². The normalized spacial score (nSPS) is 10.6. The minimum atomic E-state index is -0.285. The molecule has 3 aromatic rings. The van der Waals surface area contributed by atoms with Gasteiger partial charge in [-0.15, -0.1) is 0 Å². The van der Waals surface area contributed by atoms with Gasteiger partial charge in [-0.3, -0.25) is 4.79 Å². The number of benzene rings is 3. The molecule has 0 aliphatic rings. The number of nitrogens with one attached hydrogen (secondary N) is 1. The van der Waals surface area contributed by atoms with Gasteiger partial charge < -0.3 is 15.8 Å². The standard InChI is InChI=1S/C19H17ClN2O2/c1-11-7-14(21)10-16(20)18(11)22-19(23)15-8-12-5-3-4-6-13(12)9-17(15)24-2/h3-10H,21H2,1-2H3,(H,22,23). The molecule has 0 aromatic heterocycles. The van der Waals surface area contributed by atoms with Crippen molar-refractivity contribution in [2.75, 3.05) is 18.2 Å². The van der Waals surface area contributed by atoms with Crippen molar-refractivity contribution in [1.82, 2.24) is 0 Å². The van der Waals surface area contributed by atoms with Crippen molar-refractivity contribution >= 4 is 39.7 Å². The number of halogens is 1. The number of fused-ring (bicyclic) bond motifs is 1. The van der Waals surface area contributed by atoms with Crippen LogP contribution >= 0.6 is 11.6 Å². The first-order valence-corrected chi connectivity index (χ1v) is 7.81. The van der Waals surface area contributed by atoms with Crippen LogP contribution in [0.2, 0.25) is 5.02 Å². The van der Waals surface area contributed by atoms with Crippen LogP contribution in [0.15, 0.2) is 48.5 Å². The third-order valence-electron chi connectivity index (χ3n) is 3.86. The molecular formula is C19H17ClN2O2. The van der Waals surface area contributed by atoms with Gasteiger partial charge in [0.05, 0.1) is 23.4 Å². The molecule has 0 spiro atoms. The van der Waals surface area contributed by atoms with E-state index < -0.39 is 0 Å². The largest absolute Gasteiger partial charge is 0.496 e. The van der Waals surface area contributed by atoms with E-state index in [1.165, 1.54) is 0 Å². The minimum Gasteiger partial charge on any atom is -0.496 e. The Kier molecular flexibility index (Phi) is 4.32. The third-order valence-corrected chi connectivity index (χ3v) is 4.16. The minimum absolute atomic E-state index is 0.285. The molecule has 3 aromatic carbocycles. The molecule has 4 nitrogen and oxygen atoms in total. The smallest absolute Gasteiger partial charge is 0.259 e. The van der Waals surface area contributed by atoms with Crippen LogP contribution < -0.4 is 15.8 Å². The topological polar surface area (TPSA) is 64.3 Å². The lowest BCUT2D eigenvalue weighted by molar-refractivity contribution is 0.102. The van der Waals surface area contributed by atoms with E-state index in [1.54, 1.807) is 19.2 Å². The summed E-state index contributed by atoms with van der Waals surface area (Å²) < 4.78 is 5.38. The van der Waals surface area contributed by atoms with Gasteiger partial charge >= 0.3 is 0 Å². The van der Waals surface area contributed by atoms with Crippen LogP contribution in [0.25, 0.3) is 10.8 Å². The van der Waals surface area contributed by atoms with Crippen molar-refractivity contribution < 1.29 is 9.53 Å². The second kappa shape index (κ2) is 6.42. The van der Waals surface area contributed by atoms with Gasteiger partial charge in [-0.05, 0) is 47.5 Å². The van der Waals surface area contributed by atoms with Crippen LogP contribution in [-0.4, -0.2) is 13.0 Å². The zero-order valence-corrected chi connectivity index (χ0v) is 14.1. The van der Waals surface area contributed by atoms with Crippen molar-refractivity contribution in [2.45, 2.75) is 6.92 Å². The molecule has 5 heteroatoms. The summed E-state index contributed by atoms with van der Waals surface area (Å²) in [6.07, 6.45) is 0. The first-order valence-electron chi connectivity index (χ1n) is 7.43. The van der Waals surface area contributed by atoms with Crippen molar-refractivity contribution in [2.24, 2.45) is 0 Å². The summed E-state index contributed by atoms with van der Waals surface area (Å²) >= 11 is 6.21. The summed E-state index contributed by atoms with van der Waals surface area (Å²) in [5.41, 5.74) is 8.11. The average molecular weight is 341 g/mol. The highest BCUT2D eigenvalue weighted by Gasteiger charge is 2.16. The fourth-order valence-corrected chi connectivity index (χ4v) is 3.00. The van der Waals surface area contributed by atoms with E-state index in [0.29, 0.717) is 27.7 Å². The van der Waals surface area contributed by atoms with Crippen LogP contribution in [0.1, 0.15) is 15.9 Å². The lowest BCUT2D eigenvalue weighted by atomic mass is 10.0. The number of carbonyl (C=O) groups excluding carboxylic acids is 1. The number of carbonyl (C=O) groups is 1. The maximum atomic E-state index is 12.7. The molecule has 3 rings (SSSR count). The van der Waals surface area contributed by atoms with E-state index in [9.17, 15) is 4.79 Å². The Morgan fingerprint density at radius 2 is 1.79 bits per heavy atom. The number of rotatable bonds is 3. The zero-order valence-electron chi connectivity index (χ0n) is 13.4. The number of ether oxygens (including phenoxy) is 1. The molecule has 24 heavy (non-hydrogen) atoms. The molecular weight excluding hydrogens is 324 g/mol. The SMILES string of the molecule is COc1cc2ccccc2cc1C(=O)Nc1c(C)cc(N)cc1Cl. The van der Waals surface area contributed by atoms with E-state index in [4.69, 9.17) is 22.1 Å². The Labute approximate surface area is 145 Å². The van der Waals surface area contributed by atoms with Crippen LogP contribution in [0, 0.1) is 6.92 Å².